The second-order valence-corrected chi connectivity index (χ2v) is 6.08. The Kier molecular flexibility index (Phi) is 8.81. The van der Waals surface area contributed by atoms with E-state index in [9.17, 15) is 4.79 Å². The molecule has 0 aromatic carbocycles. The van der Waals surface area contributed by atoms with Gasteiger partial charge >= 0.3 is 32.7 Å². The van der Waals surface area contributed by atoms with Crippen molar-refractivity contribution in [1.82, 2.24) is 10.2 Å². The van der Waals surface area contributed by atoms with E-state index in [-0.39, 0.29) is 44.7 Å². The van der Waals surface area contributed by atoms with E-state index in [2.05, 4.69) is 29.4 Å². The van der Waals surface area contributed by atoms with E-state index in [0.717, 1.165) is 38.9 Å². The van der Waals surface area contributed by atoms with Crippen LogP contribution in [0.1, 0.15) is 52.4 Å². The zero-order valence-corrected chi connectivity index (χ0v) is 15.8. The summed E-state index contributed by atoms with van der Waals surface area (Å²) in [6.45, 7) is 7.19. The summed E-state index contributed by atoms with van der Waals surface area (Å²) in [6.07, 6.45) is 7.13. The number of nitrogens with one attached hydrogen (secondary N) is 1. The van der Waals surface area contributed by atoms with Crippen molar-refractivity contribution >= 4 is 5.91 Å². The minimum absolute atomic E-state index is 0. The molecule has 0 radical (unpaired) electrons. The van der Waals surface area contributed by atoms with E-state index in [1.807, 2.05) is 0 Å². The normalized spacial score (nSPS) is 31.4. The second kappa shape index (κ2) is 9.50. The zero-order valence-electron chi connectivity index (χ0n) is 13.0. The van der Waals surface area contributed by atoms with E-state index in [4.69, 9.17) is 0 Å². The number of likely N-dealkylation sites (tertiary alicyclic amines) is 1. The van der Waals surface area contributed by atoms with Crippen LogP contribution in [-0.2, 0) is 37.5 Å². The van der Waals surface area contributed by atoms with Gasteiger partial charge in [-0.25, -0.2) is 0 Å². The predicted molar refractivity (Wildman–Crippen MR) is 78.4 cm³/mol. The van der Waals surface area contributed by atoms with E-state index in [1.54, 1.807) is 0 Å². The molecule has 0 aromatic heterocycles. The van der Waals surface area contributed by atoms with Crippen molar-refractivity contribution in [3.63, 3.8) is 0 Å². The number of hydrogen-bond acceptors (Lipinski definition) is 2. The first-order valence-electron chi connectivity index (χ1n) is 7.88. The Morgan fingerprint density at radius 3 is 2.45 bits per heavy atom. The van der Waals surface area contributed by atoms with Gasteiger partial charge in [0.25, 0.3) is 0 Å². The summed E-state index contributed by atoms with van der Waals surface area (Å²) in [4.78, 5) is 14.5. The van der Waals surface area contributed by atoms with Gasteiger partial charge in [0.15, 0.2) is 0 Å². The maximum atomic E-state index is 12.0. The van der Waals surface area contributed by atoms with Gasteiger partial charge in [0.05, 0.1) is 0 Å². The number of carbonyl (C=O) groups is 1. The first-order valence-corrected chi connectivity index (χ1v) is 7.88. The van der Waals surface area contributed by atoms with Crippen LogP contribution in [0.4, 0.5) is 0 Å². The van der Waals surface area contributed by atoms with E-state index in [1.165, 1.54) is 19.3 Å². The first-order chi connectivity index (χ1) is 9.18. The molecular formula is C15H28N3OY+2. The number of amides is 1. The van der Waals surface area contributed by atoms with Crippen LogP contribution >= 0.6 is 0 Å². The molecule has 5 heteroatoms. The van der Waals surface area contributed by atoms with Crippen molar-refractivity contribution in [2.75, 3.05) is 19.6 Å². The predicted octanol–water partition coefficient (Wildman–Crippen LogP) is 2.29. The Labute approximate surface area is 148 Å². The molecule has 0 saturated carbocycles. The average molecular weight is 355 g/mol. The average Bonchev–Trinajstić information content (AvgIpc) is 2.43. The molecule has 20 heavy (non-hydrogen) atoms. The first kappa shape index (κ1) is 18.5. The van der Waals surface area contributed by atoms with Gasteiger partial charge in [0, 0.05) is 25.2 Å². The maximum Gasteiger partial charge on any atom is 3.00 e. The molecular weight excluding hydrogens is 327 g/mol. The van der Waals surface area contributed by atoms with Gasteiger partial charge in [-0.1, -0.05) is 31.7 Å². The summed E-state index contributed by atoms with van der Waals surface area (Å²) in [7, 11) is 0. The van der Waals surface area contributed by atoms with Crippen LogP contribution in [0.3, 0.4) is 0 Å². The molecule has 2 rings (SSSR count). The topological polar surface area (TPSA) is 46.4 Å². The number of piperidine rings is 2. The molecule has 4 nitrogen and oxygen atoms in total. The van der Waals surface area contributed by atoms with Crippen molar-refractivity contribution in [2.24, 2.45) is 0 Å². The quantitative estimate of drug-likeness (QED) is 0.841. The number of nitrogens with zero attached hydrogens (tertiary/aromatic N) is 2. The monoisotopic (exact) mass is 355 g/mol. The molecule has 0 spiro atoms. The van der Waals surface area contributed by atoms with Crippen molar-refractivity contribution in [1.29, 1.82) is 0 Å². The Morgan fingerprint density at radius 1 is 1.15 bits per heavy atom. The third-order valence-electron chi connectivity index (χ3n) is 4.58. The molecule has 0 bridgehead atoms. The fourth-order valence-corrected chi connectivity index (χ4v) is 3.34. The molecule has 3 atom stereocenters. The molecule has 1 amide bonds. The van der Waals surface area contributed by atoms with Crippen LogP contribution in [0.5, 0.6) is 0 Å². The molecule has 0 aliphatic carbocycles. The number of carbonyl (C=O) groups excluding carboxylic acids is 1. The number of hydrogen-bond donors (Lipinski definition) is 1. The van der Waals surface area contributed by atoms with Gasteiger partial charge in [-0.05, 0) is 26.7 Å². The Balaban J connectivity index is 0.00000200. The summed E-state index contributed by atoms with van der Waals surface area (Å²) in [5, 5.41) is 7.47. The molecule has 3 unspecified atom stereocenters. The van der Waals surface area contributed by atoms with Gasteiger partial charge in [-0.2, -0.15) is 0 Å². The Hall–Kier alpha value is 0.494. The molecule has 2 aliphatic rings. The van der Waals surface area contributed by atoms with Gasteiger partial charge in [0.2, 0.25) is 5.91 Å². The smallest absolute Gasteiger partial charge is 0.652 e. The summed E-state index contributed by atoms with van der Waals surface area (Å²) >= 11 is 0. The van der Waals surface area contributed by atoms with Crippen molar-refractivity contribution in [3.05, 3.63) is 5.32 Å². The Bertz CT molecular complexity index is 285. The van der Waals surface area contributed by atoms with Crippen molar-refractivity contribution in [3.8, 4) is 0 Å². The molecule has 2 aliphatic heterocycles. The van der Waals surface area contributed by atoms with E-state index >= 15 is 0 Å². The van der Waals surface area contributed by atoms with E-state index < -0.39 is 0 Å². The SMILES string of the molecule is CC1CCCC(C)N1CCNC(=O)C1CCCC[N-]1.[Y+3]. The minimum Gasteiger partial charge on any atom is -0.652 e. The fraction of sp³-hybridized carbons (Fsp3) is 0.933. The zero-order chi connectivity index (χ0) is 13.7. The molecule has 2 fully saturated rings. The summed E-state index contributed by atoms with van der Waals surface area (Å²) in [6, 6.07) is 1.23. The Morgan fingerprint density at radius 2 is 1.85 bits per heavy atom. The maximum absolute atomic E-state index is 12.0. The van der Waals surface area contributed by atoms with Gasteiger partial charge < -0.3 is 10.6 Å². The number of rotatable bonds is 4. The molecule has 0 aromatic rings. The van der Waals surface area contributed by atoms with Crippen LogP contribution in [0.25, 0.3) is 5.32 Å². The van der Waals surface area contributed by atoms with Crippen molar-refractivity contribution in [2.45, 2.75) is 70.5 Å². The fourth-order valence-electron chi connectivity index (χ4n) is 3.34. The molecule has 110 valence electrons. The van der Waals surface area contributed by atoms with Crippen LogP contribution in [0.15, 0.2) is 0 Å². The largest absolute Gasteiger partial charge is 3.00 e. The van der Waals surface area contributed by atoms with Crippen LogP contribution < -0.4 is 5.32 Å². The standard InChI is InChI=1S/C15H28N3O.Y/c1-12-6-5-7-13(2)18(12)11-10-17-15(19)14-8-3-4-9-16-14;/h12-14H,3-11H2,1-2H3,(H,17,19);/q-1;+3. The van der Waals surface area contributed by atoms with Gasteiger partial charge in [0.1, 0.15) is 0 Å². The summed E-state index contributed by atoms with van der Waals surface area (Å²) in [5.41, 5.74) is 0. The van der Waals surface area contributed by atoms with E-state index in [0.29, 0.717) is 12.1 Å². The molecule has 2 saturated heterocycles. The molecule has 2 heterocycles. The van der Waals surface area contributed by atoms with Crippen LogP contribution in [0, 0.1) is 0 Å². The van der Waals surface area contributed by atoms with Crippen LogP contribution in [0.2, 0.25) is 0 Å². The summed E-state index contributed by atoms with van der Waals surface area (Å²) in [5.74, 6) is 0.136. The second-order valence-electron chi connectivity index (χ2n) is 6.08. The van der Waals surface area contributed by atoms with Crippen molar-refractivity contribution < 1.29 is 37.5 Å². The minimum atomic E-state index is -0.0787. The van der Waals surface area contributed by atoms with Gasteiger partial charge in [-0.15, -0.1) is 6.54 Å². The third-order valence-corrected chi connectivity index (χ3v) is 4.58. The van der Waals surface area contributed by atoms with Crippen LogP contribution in [-0.4, -0.2) is 48.6 Å². The third kappa shape index (κ3) is 5.36. The van der Waals surface area contributed by atoms with Gasteiger partial charge in [-0.3, -0.25) is 9.69 Å². The molecule has 1 N–H and O–H groups in total. The summed E-state index contributed by atoms with van der Waals surface area (Å²) < 4.78 is 0.